The van der Waals surface area contributed by atoms with E-state index in [9.17, 15) is 18.0 Å². The van der Waals surface area contributed by atoms with Gasteiger partial charge in [0.15, 0.2) is 11.3 Å². The zero-order chi connectivity index (χ0) is 28.9. The van der Waals surface area contributed by atoms with E-state index in [2.05, 4.69) is 36.4 Å². The van der Waals surface area contributed by atoms with Crippen LogP contribution < -0.4 is 5.32 Å². The first-order valence-electron chi connectivity index (χ1n) is 12.6. The highest BCUT2D eigenvalue weighted by Gasteiger charge is 2.36. The van der Waals surface area contributed by atoms with Crippen LogP contribution in [0.15, 0.2) is 83.5 Å². The fraction of sp³-hybridized carbons (Fsp3) is 0.133. The molecule has 11 heteroatoms. The molecule has 0 fully saturated rings. The topological polar surface area (TPSA) is 77.1 Å². The number of hydrogen-bond donors (Lipinski definition) is 1. The van der Waals surface area contributed by atoms with E-state index in [-0.39, 0.29) is 16.9 Å². The van der Waals surface area contributed by atoms with Crippen molar-refractivity contribution in [2.45, 2.75) is 26.6 Å². The number of nitrogens with one attached hydrogen (secondary N) is 1. The quantitative estimate of drug-likeness (QED) is 0.218. The molecule has 3 heterocycles. The average molecular weight is 619 g/mol. The monoisotopic (exact) mass is 618 g/mol. The van der Waals surface area contributed by atoms with Crippen molar-refractivity contribution < 1.29 is 18.0 Å². The number of aryl methyl sites for hydroxylation is 1. The minimum atomic E-state index is -4.73. The molecule has 0 aliphatic heterocycles. The summed E-state index contributed by atoms with van der Waals surface area (Å²) in [6.07, 6.45) is -3.62. The highest BCUT2D eigenvalue weighted by Crippen LogP contribution is 2.35. The molecule has 0 saturated heterocycles. The van der Waals surface area contributed by atoms with Crippen LogP contribution in [0.5, 0.6) is 0 Å². The van der Waals surface area contributed by atoms with Crippen LogP contribution in [0, 0.1) is 13.8 Å². The third kappa shape index (κ3) is 4.97. The molecular formula is C30H22BrF3N6O. The Morgan fingerprint density at radius 1 is 1.00 bits per heavy atom. The standard InChI is InChI=1S/C30H22BrF3N6O/c1-17-27(31)18(2)39(38-17)16-19-7-5-10-21(13-19)36-29(41)24-15-35-40-26(30(32,33)34)14-25(37-28(24)40)23-12-6-9-20-8-3-4-11-22(20)23/h3-15H,16H2,1-2H3,(H,36,41). The fourth-order valence-electron chi connectivity index (χ4n) is 4.86. The van der Waals surface area contributed by atoms with Crippen molar-refractivity contribution in [3.8, 4) is 11.3 Å². The first kappa shape index (κ1) is 26.7. The number of aromatic nitrogens is 5. The molecule has 6 aromatic rings. The fourth-order valence-corrected chi connectivity index (χ4v) is 5.14. The van der Waals surface area contributed by atoms with Crippen LogP contribution in [-0.2, 0) is 12.7 Å². The molecule has 0 aliphatic carbocycles. The zero-order valence-corrected chi connectivity index (χ0v) is 23.5. The number of hydrogen-bond acceptors (Lipinski definition) is 4. The molecular weight excluding hydrogens is 597 g/mol. The van der Waals surface area contributed by atoms with Gasteiger partial charge in [0, 0.05) is 11.3 Å². The summed E-state index contributed by atoms with van der Waals surface area (Å²) in [6, 6.07) is 20.9. The van der Waals surface area contributed by atoms with Crippen molar-refractivity contribution in [2.24, 2.45) is 0 Å². The Morgan fingerprint density at radius 3 is 2.51 bits per heavy atom. The third-order valence-corrected chi connectivity index (χ3v) is 8.03. The molecule has 0 atom stereocenters. The van der Waals surface area contributed by atoms with Gasteiger partial charge in [-0.3, -0.25) is 9.48 Å². The summed E-state index contributed by atoms with van der Waals surface area (Å²) >= 11 is 3.53. The predicted molar refractivity (Wildman–Crippen MR) is 154 cm³/mol. The molecule has 0 aliphatic rings. The Bertz CT molecular complexity index is 1950. The molecule has 0 bridgehead atoms. The third-order valence-electron chi connectivity index (χ3n) is 6.88. The number of anilines is 1. The lowest BCUT2D eigenvalue weighted by molar-refractivity contribution is -0.142. The molecule has 41 heavy (non-hydrogen) atoms. The first-order chi connectivity index (χ1) is 19.6. The van der Waals surface area contributed by atoms with Crippen LogP contribution in [0.2, 0.25) is 0 Å². The van der Waals surface area contributed by atoms with Gasteiger partial charge < -0.3 is 5.32 Å². The largest absolute Gasteiger partial charge is 0.433 e. The van der Waals surface area contributed by atoms with Gasteiger partial charge in [-0.25, -0.2) is 9.50 Å². The van der Waals surface area contributed by atoms with E-state index in [1.165, 1.54) is 0 Å². The van der Waals surface area contributed by atoms with E-state index in [1.54, 1.807) is 30.3 Å². The Balaban J connectivity index is 1.38. The lowest BCUT2D eigenvalue weighted by Gasteiger charge is -2.13. The maximum Gasteiger partial charge on any atom is 0.433 e. The molecule has 6 rings (SSSR count). The van der Waals surface area contributed by atoms with Crippen molar-refractivity contribution in [3.63, 3.8) is 0 Å². The molecule has 7 nitrogen and oxygen atoms in total. The number of carbonyl (C=O) groups is 1. The van der Waals surface area contributed by atoms with Crippen LogP contribution in [0.4, 0.5) is 18.9 Å². The molecule has 0 saturated carbocycles. The molecule has 3 aromatic heterocycles. The van der Waals surface area contributed by atoms with E-state index >= 15 is 0 Å². The van der Waals surface area contributed by atoms with Gasteiger partial charge in [0.05, 0.1) is 34.3 Å². The van der Waals surface area contributed by atoms with Gasteiger partial charge in [0.1, 0.15) is 5.56 Å². The highest BCUT2D eigenvalue weighted by atomic mass is 79.9. The number of fused-ring (bicyclic) bond motifs is 2. The summed E-state index contributed by atoms with van der Waals surface area (Å²) in [4.78, 5) is 17.9. The number of alkyl halides is 3. The minimum absolute atomic E-state index is 0.0783. The number of nitrogens with zero attached hydrogens (tertiary/aromatic N) is 5. The lowest BCUT2D eigenvalue weighted by atomic mass is 10.0. The van der Waals surface area contributed by atoms with Crippen molar-refractivity contribution >= 4 is 43.9 Å². The van der Waals surface area contributed by atoms with Crippen molar-refractivity contribution in [1.82, 2.24) is 24.4 Å². The second kappa shape index (κ2) is 10.2. The Labute approximate surface area is 240 Å². The van der Waals surface area contributed by atoms with Crippen molar-refractivity contribution in [3.05, 3.63) is 112 Å². The van der Waals surface area contributed by atoms with Gasteiger partial charge in [-0.1, -0.05) is 54.6 Å². The number of halogens is 4. The minimum Gasteiger partial charge on any atom is -0.322 e. The van der Waals surface area contributed by atoms with E-state index in [1.807, 2.05) is 54.9 Å². The summed E-state index contributed by atoms with van der Waals surface area (Å²) in [5.74, 6) is -0.623. The van der Waals surface area contributed by atoms with E-state index in [0.717, 1.165) is 44.5 Å². The van der Waals surface area contributed by atoms with Crippen LogP contribution in [0.3, 0.4) is 0 Å². The number of carbonyl (C=O) groups excluding carboxylic acids is 1. The van der Waals surface area contributed by atoms with Gasteiger partial charge in [0.2, 0.25) is 0 Å². The Morgan fingerprint density at radius 2 is 1.76 bits per heavy atom. The first-order valence-corrected chi connectivity index (χ1v) is 13.4. The molecule has 0 radical (unpaired) electrons. The molecule has 0 unspecified atom stereocenters. The second-order valence-electron chi connectivity index (χ2n) is 9.64. The summed E-state index contributed by atoms with van der Waals surface area (Å²) in [6.45, 7) is 4.34. The Hall–Kier alpha value is -4.51. The molecule has 3 aromatic carbocycles. The SMILES string of the molecule is Cc1nn(Cc2cccc(NC(=O)c3cnn4c(C(F)(F)F)cc(-c5cccc6ccccc56)nc34)c2)c(C)c1Br. The summed E-state index contributed by atoms with van der Waals surface area (Å²) in [5.41, 5.74) is 2.52. The molecule has 206 valence electrons. The van der Waals surface area contributed by atoms with Gasteiger partial charge in [-0.05, 0) is 64.3 Å². The number of benzene rings is 3. The van der Waals surface area contributed by atoms with E-state index in [0.29, 0.717) is 22.3 Å². The normalized spacial score (nSPS) is 11.9. The maximum atomic E-state index is 14.2. The second-order valence-corrected chi connectivity index (χ2v) is 10.4. The maximum absolute atomic E-state index is 14.2. The number of amides is 1. The Kier molecular flexibility index (Phi) is 6.61. The molecule has 0 spiro atoms. The van der Waals surface area contributed by atoms with Crippen LogP contribution in [-0.4, -0.2) is 30.3 Å². The smallest absolute Gasteiger partial charge is 0.322 e. The van der Waals surface area contributed by atoms with Gasteiger partial charge >= 0.3 is 6.18 Å². The summed E-state index contributed by atoms with van der Waals surface area (Å²) in [5, 5.41) is 12.8. The van der Waals surface area contributed by atoms with Crippen molar-refractivity contribution in [1.29, 1.82) is 0 Å². The van der Waals surface area contributed by atoms with E-state index in [4.69, 9.17) is 0 Å². The summed E-state index contributed by atoms with van der Waals surface area (Å²) < 4.78 is 45.9. The predicted octanol–water partition coefficient (Wildman–Crippen LogP) is 7.44. The number of rotatable bonds is 5. The summed E-state index contributed by atoms with van der Waals surface area (Å²) in [7, 11) is 0. The molecule has 1 N–H and O–H groups in total. The van der Waals surface area contributed by atoms with E-state index < -0.39 is 17.8 Å². The van der Waals surface area contributed by atoms with Crippen LogP contribution in [0.1, 0.15) is 33.0 Å². The average Bonchev–Trinajstić information content (AvgIpc) is 3.48. The van der Waals surface area contributed by atoms with Crippen LogP contribution >= 0.6 is 15.9 Å². The molecule has 1 amide bonds. The highest BCUT2D eigenvalue weighted by molar-refractivity contribution is 9.10. The van der Waals surface area contributed by atoms with Crippen LogP contribution in [0.25, 0.3) is 27.7 Å². The zero-order valence-electron chi connectivity index (χ0n) is 21.9. The lowest BCUT2D eigenvalue weighted by Crippen LogP contribution is -2.16. The van der Waals surface area contributed by atoms with Gasteiger partial charge in [-0.15, -0.1) is 0 Å². The van der Waals surface area contributed by atoms with Crippen molar-refractivity contribution in [2.75, 3.05) is 5.32 Å². The van der Waals surface area contributed by atoms with Gasteiger partial charge in [0.25, 0.3) is 5.91 Å². The van der Waals surface area contributed by atoms with Gasteiger partial charge in [-0.2, -0.15) is 23.4 Å².